The zero-order valence-electron chi connectivity index (χ0n) is 12.6. The Morgan fingerprint density at radius 1 is 1.39 bits per heavy atom. The van der Waals surface area contributed by atoms with Gasteiger partial charge in [-0.05, 0) is 23.8 Å². The molecule has 2 aromatic rings. The largest absolute Gasteiger partial charge is 0.495 e. The van der Waals surface area contributed by atoms with Crippen LogP contribution >= 0.6 is 11.6 Å². The molecule has 1 aromatic carbocycles. The number of amides is 1. The number of rotatable bonds is 6. The molecule has 0 saturated heterocycles. The maximum atomic E-state index is 12.3. The van der Waals surface area contributed by atoms with Crippen LogP contribution in [0.5, 0.6) is 5.75 Å². The molecule has 1 aromatic heterocycles. The number of nitrogens with one attached hydrogen (secondary N) is 1. The van der Waals surface area contributed by atoms with Crippen molar-refractivity contribution < 1.29 is 23.8 Å². The van der Waals surface area contributed by atoms with Crippen molar-refractivity contribution in [2.75, 3.05) is 7.11 Å². The predicted molar refractivity (Wildman–Crippen MR) is 83.9 cm³/mol. The topological polar surface area (TPSA) is 88.8 Å². The first-order chi connectivity index (χ1) is 11.0. The van der Waals surface area contributed by atoms with Crippen molar-refractivity contribution in [2.45, 2.75) is 19.4 Å². The maximum absolute atomic E-state index is 12.3. The van der Waals surface area contributed by atoms with Crippen molar-refractivity contribution in [3.63, 3.8) is 0 Å². The molecule has 122 valence electrons. The zero-order chi connectivity index (χ0) is 17.0. The summed E-state index contributed by atoms with van der Waals surface area (Å²) < 4.78 is 10.2. The fourth-order valence-electron chi connectivity index (χ4n) is 2.18. The molecule has 0 saturated carbocycles. The van der Waals surface area contributed by atoms with Gasteiger partial charge in [-0.1, -0.05) is 24.6 Å². The number of aliphatic carboxylic acids is 1. The molecule has 1 unspecified atom stereocenters. The molecule has 23 heavy (non-hydrogen) atoms. The molecule has 2 N–H and O–H groups in total. The highest BCUT2D eigenvalue weighted by molar-refractivity contribution is 6.32. The minimum absolute atomic E-state index is 0.267. The summed E-state index contributed by atoms with van der Waals surface area (Å²) in [4.78, 5) is 23.8. The second kappa shape index (κ2) is 7.19. The van der Waals surface area contributed by atoms with Crippen LogP contribution < -0.4 is 10.1 Å². The molecular formula is C16H16ClNO5. The molecule has 0 fully saturated rings. The van der Waals surface area contributed by atoms with Gasteiger partial charge < -0.3 is 19.6 Å². The van der Waals surface area contributed by atoms with E-state index in [1.807, 2.05) is 6.92 Å². The van der Waals surface area contributed by atoms with Crippen LogP contribution in [0.25, 0.3) is 0 Å². The number of ether oxygens (including phenoxy) is 1. The van der Waals surface area contributed by atoms with Crippen molar-refractivity contribution in [2.24, 2.45) is 0 Å². The number of hydrogen-bond donors (Lipinski definition) is 2. The Kier molecular flexibility index (Phi) is 5.28. The average molecular weight is 338 g/mol. The third-order valence-electron chi connectivity index (χ3n) is 3.34. The first kappa shape index (κ1) is 16.9. The van der Waals surface area contributed by atoms with Crippen LogP contribution in [-0.4, -0.2) is 24.1 Å². The van der Waals surface area contributed by atoms with Gasteiger partial charge in [0.1, 0.15) is 11.5 Å². The quantitative estimate of drug-likeness (QED) is 0.845. The van der Waals surface area contributed by atoms with Crippen LogP contribution in [0, 0.1) is 0 Å². The fourth-order valence-corrected chi connectivity index (χ4v) is 2.44. The van der Waals surface area contributed by atoms with Gasteiger partial charge in [-0.15, -0.1) is 0 Å². The Morgan fingerprint density at radius 3 is 2.70 bits per heavy atom. The van der Waals surface area contributed by atoms with E-state index in [9.17, 15) is 14.7 Å². The van der Waals surface area contributed by atoms with Gasteiger partial charge in [0, 0.05) is 6.42 Å². The van der Waals surface area contributed by atoms with Crippen LogP contribution in [0.3, 0.4) is 0 Å². The number of carboxylic acids is 1. The van der Waals surface area contributed by atoms with Crippen LogP contribution in [-0.2, 0) is 11.2 Å². The highest BCUT2D eigenvalue weighted by atomic mass is 35.5. The number of aryl methyl sites for hydroxylation is 1. The summed E-state index contributed by atoms with van der Waals surface area (Å²) in [6, 6.07) is 4.82. The zero-order valence-corrected chi connectivity index (χ0v) is 13.4. The Labute approximate surface area is 138 Å². The number of halogens is 1. The number of hydrogen-bond acceptors (Lipinski definition) is 4. The highest BCUT2D eigenvalue weighted by Crippen LogP contribution is 2.28. The van der Waals surface area contributed by atoms with E-state index in [2.05, 4.69) is 5.32 Å². The average Bonchev–Trinajstić information content (AvgIpc) is 3.00. The molecule has 0 bridgehead atoms. The first-order valence-corrected chi connectivity index (χ1v) is 7.29. The number of carbonyl (C=O) groups is 2. The van der Waals surface area contributed by atoms with Crippen molar-refractivity contribution in [1.29, 1.82) is 0 Å². The summed E-state index contributed by atoms with van der Waals surface area (Å²) in [6.45, 7) is 1.84. The third-order valence-corrected chi connectivity index (χ3v) is 3.64. The van der Waals surface area contributed by atoms with Crippen LogP contribution in [0.15, 0.2) is 34.9 Å². The summed E-state index contributed by atoms with van der Waals surface area (Å²) in [5, 5.41) is 12.1. The lowest BCUT2D eigenvalue weighted by molar-refractivity contribution is -0.139. The predicted octanol–water partition coefficient (Wildman–Crippen LogP) is 3.06. The molecule has 0 aliphatic rings. The molecular weight excluding hydrogens is 322 g/mol. The summed E-state index contributed by atoms with van der Waals surface area (Å²) >= 11 is 6.02. The molecule has 1 amide bonds. The summed E-state index contributed by atoms with van der Waals surface area (Å²) in [5.41, 5.74) is 0.663. The van der Waals surface area contributed by atoms with Gasteiger partial charge in [0.25, 0.3) is 5.91 Å². The minimum Gasteiger partial charge on any atom is -0.495 e. The third kappa shape index (κ3) is 3.65. The molecule has 0 aliphatic carbocycles. The lowest BCUT2D eigenvalue weighted by atomic mass is 10.1. The first-order valence-electron chi connectivity index (χ1n) is 6.91. The van der Waals surface area contributed by atoms with Crippen LogP contribution in [0.2, 0.25) is 5.02 Å². The molecule has 1 heterocycles. The maximum Gasteiger partial charge on any atom is 0.330 e. The number of benzene rings is 1. The minimum atomic E-state index is -1.23. The van der Waals surface area contributed by atoms with Gasteiger partial charge in [0.2, 0.25) is 0 Å². The van der Waals surface area contributed by atoms with Crippen molar-refractivity contribution in [1.82, 2.24) is 5.32 Å². The highest BCUT2D eigenvalue weighted by Gasteiger charge is 2.25. The Bertz CT molecular complexity index is 725. The molecule has 2 rings (SSSR count). The molecule has 7 heteroatoms. The summed E-state index contributed by atoms with van der Waals surface area (Å²) in [6.07, 6.45) is 1.93. The Hall–Kier alpha value is -2.47. The normalized spacial score (nSPS) is 11.8. The number of methoxy groups -OCH3 is 1. The van der Waals surface area contributed by atoms with E-state index in [-0.39, 0.29) is 5.02 Å². The van der Waals surface area contributed by atoms with Crippen molar-refractivity contribution in [3.8, 4) is 5.75 Å². The van der Waals surface area contributed by atoms with Gasteiger partial charge in [-0.25, -0.2) is 4.79 Å². The lowest BCUT2D eigenvalue weighted by Gasteiger charge is -2.16. The fraction of sp³-hybridized carbons (Fsp3) is 0.250. The van der Waals surface area contributed by atoms with E-state index in [0.717, 1.165) is 0 Å². The van der Waals surface area contributed by atoms with E-state index in [4.69, 9.17) is 20.8 Å². The van der Waals surface area contributed by atoms with Gasteiger partial charge in [-0.2, -0.15) is 0 Å². The lowest BCUT2D eigenvalue weighted by Crippen LogP contribution is -2.34. The van der Waals surface area contributed by atoms with Gasteiger partial charge >= 0.3 is 5.97 Å². The number of carboxylic acid groups (broad SMARTS) is 1. The van der Waals surface area contributed by atoms with E-state index in [1.54, 1.807) is 12.1 Å². The second-order valence-corrected chi connectivity index (χ2v) is 5.16. The Morgan fingerprint density at radius 2 is 2.13 bits per heavy atom. The van der Waals surface area contributed by atoms with Gasteiger partial charge in [0.15, 0.2) is 6.04 Å². The summed E-state index contributed by atoms with van der Waals surface area (Å²) in [7, 11) is 1.46. The van der Waals surface area contributed by atoms with Crippen molar-refractivity contribution >= 4 is 23.5 Å². The molecule has 0 radical (unpaired) electrons. The smallest absolute Gasteiger partial charge is 0.330 e. The standard InChI is InChI=1S/C16H16ClNO5/c1-3-12-10(6-7-23-12)15(19)18-14(16(20)21)9-4-5-13(22-2)11(17)8-9/h4-8,14H,3H2,1-2H3,(H,18,19)(H,20,21). The molecule has 0 spiro atoms. The molecule has 1 atom stereocenters. The van der Waals surface area contributed by atoms with Crippen molar-refractivity contribution in [3.05, 3.63) is 52.4 Å². The van der Waals surface area contributed by atoms with E-state index in [1.165, 1.54) is 25.5 Å². The van der Waals surface area contributed by atoms with E-state index >= 15 is 0 Å². The monoisotopic (exact) mass is 337 g/mol. The Balaban J connectivity index is 2.27. The molecule has 0 aliphatic heterocycles. The van der Waals surface area contributed by atoms with Crippen LogP contribution in [0.1, 0.15) is 34.6 Å². The molecule has 6 nitrogen and oxygen atoms in total. The SMILES string of the molecule is CCc1occc1C(=O)NC(C(=O)O)c1ccc(OC)c(Cl)c1. The van der Waals surface area contributed by atoms with E-state index in [0.29, 0.717) is 29.1 Å². The number of furan rings is 1. The summed E-state index contributed by atoms with van der Waals surface area (Å²) in [5.74, 6) is -0.788. The number of carbonyl (C=O) groups excluding carboxylic acids is 1. The van der Waals surface area contributed by atoms with Gasteiger partial charge in [-0.3, -0.25) is 4.79 Å². The van der Waals surface area contributed by atoms with Crippen LogP contribution in [0.4, 0.5) is 0 Å². The second-order valence-electron chi connectivity index (χ2n) is 4.75. The van der Waals surface area contributed by atoms with Gasteiger partial charge in [0.05, 0.1) is 24.0 Å². The van der Waals surface area contributed by atoms with E-state index < -0.39 is 17.9 Å².